The summed E-state index contributed by atoms with van der Waals surface area (Å²) in [7, 11) is 1.60. The molecule has 7 nitrogen and oxygen atoms in total. The standard InChI is InChI=1S/C22H21N3O4/c1-29-21-17-12-14(8-10-19(17)25(24-21)13-15-6-7-15)9-11-20(26)23-18-5-3-2-4-16(18)22(27)28/h2-5,8-12,15H,6-7,13H2,1H3,(H,23,26)(H,27,28)/b11-9+. The number of nitrogens with one attached hydrogen (secondary N) is 1. The molecule has 2 aromatic carbocycles. The Kier molecular flexibility index (Phi) is 5.03. The van der Waals surface area contributed by atoms with Crippen LogP contribution in [0.15, 0.2) is 48.5 Å². The number of fused-ring (bicyclic) bond motifs is 1. The Morgan fingerprint density at radius 3 is 2.79 bits per heavy atom. The van der Waals surface area contributed by atoms with E-state index in [1.54, 1.807) is 31.4 Å². The molecule has 148 valence electrons. The van der Waals surface area contributed by atoms with Crippen molar-refractivity contribution < 1.29 is 19.4 Å². The van der Waals surface area contributed by atoms with Gasteiger partial charge in [-0.2, -0.15) is 0 Å². The quantitative estimate of drug-likeness (QED) is 0.598. The molecule has 0 saturated heterocycles. The van der Waals surface area contributed by atoms with Crippen molar-refractivity contribution in [3.05, 3.63) is 59.7 Å². The van der Waals surface area contributed by atoms with E-state index in [0.29, 0.717) is 11.8 Å². The molecule has 2 N–H and O–H groups in total. The first-order valence-corrected chi connectivity index (χ1v) is 9.41. The Balaban J connectivity index is 1.53. The molecule has 1 fully saturated rings. The van der Waals surface area contributed by atoms with Crippen molar-refractivity contribution in [2.24, 2.45) is 5.92 Å². The summed E-state index contributed by atoms with van der Waals surface area (Å²) >= 11 is 0. The van der Waals surface area contributed by atoms with Crippen molar-refractivity contribution in [1.29, 1.82) is 0 Å². The number of aromatic carboxylic acids is 1. The SMILES string of the molecule is COc1nn(CC2CC2)c2ccc(/C=C/C(=O)Nc3ccccc3C(=O)O)cc12. The first-order chi connectivity index (χ1) is 14.0. The first kappa shape index (κ1) is 18.7. The smallest absolute Gasteiger partial charge is 0.337 e. The molecule has 29 heavy (non-hydrogen) atoms. The fraction of sp³-hybridized carbons (Fsp3) is 0.227. The Labute approximate surface area is 167 Å². The third-order valence-corrected chi connectivity index (χ3v) is 4.90. The number of rotatable bonds is 7. The number of carboxylic acid groups (broad SMARTS) is 1. The molecule has 0 spiro atoms. The molecule has 4 rings (SSSR count). The number of aromatic nitrogens is 2. The lowest BCUT2D eigenvalue weighted by Gasteiger charge is -2.05. The minimum atomic E-state index is -1.09. The first-order valence-electron chi connectivity index (χ1n) is 9.41. The van der Waals surface area contributed by atoms with Crippen LogP contribution in [0, 0.1) is 5.92 Å². The minimum absolute atomic E-state index is 0.0449. The second-order valence-electron chi connectivity index (χ2n) is 7.08. The highest BCUT2D eigenvalue weighted by molar-refractivity contribution is 6.06. The number of carboxylic acids is 1. The number of nitrogens with zero attached hydrogens (tertiary/aromatic N) is 2. The van der Waals surface area contributed by atoms with Crippen molar-refractivity contribution >= 4 is 34.5 Å². The maximum absolute atomic E-state index is 12.2. The van der Waals surface area contributed by atoms with E-state index < -0.39 is 11.9 Å². The van der Waals surface area contributed by atoms with Crippen LogP contribution in [-0.2, 0) is 11.3 Å². The van der Waals surface area contributed by atoms with Gasteiger partial charge in [-0.3, -0.25) is 9.48 Å². The van der Waals surface area contributed by atoms with Gasteiger partial charge in [-0.15, -0.1) is 5.10 Å². The summed E-state index contributed by atoms with van der Waals surface area (Å²) in [4.78, 5) is 23.5. The molecule has 0 atom stereocenters. The van der Waals surface area contributed by atoms with Crippen LogP contribution < -0.4 is 10.1 Å². The number of hydrogen-bond donors (Lipinski definition) is 2. The Bertz CT molecular complexity index is 1110. The molecule has 7 heteroatoms. The topological polar surface area (TPSA) is 93.5 Å². The molecule has 0 radical (unpaired) electrons. The van der Waals surface area contributed by atoms with E-state index in [0.717, 1.165) is 23.0 Å². The van der Waals surface area contributed by atoms with E-state index in [9.17, 15) is 14.7 Å². The van der Waals surface area contributed by atoms with Gasteiger partial charge in [-0.1, -0.05) is 18.2 Å². The number of carbonyl (C=O) groups excluding carboxylic acids is 1. The van der Waals surface area contributed by atoms with Crippen molar-refractivity contribution in [3.8, 4) is 5.88 Å². The summed E-state index contributed by atoms with van der Waals surface area (Å²) in [5, 5.41) is 17.3. The normalized spacial score (nSPS) is 13.7. The highest BCUT2D eigenvalue weighted by Crippen LogP contribution is 2.33. The zero-order chi connectivity index (χ0) is 20.4. The van der Waals surface area contributed by atoms with Crippen LogP contribution in [0.1, 0.15) is 28.8 Å². The van der Waals surface area contributed by atoms with Crippen molar-refractivity contribution in [1.82, 2.24) is 9.78 Å². The zero-order valence-corrected chi connectivity index (χ0v) is 16.0. The minimum Gasteiger partial charge on any atom is -0.479 e. The third kappa shape index (κ3) is 4.13. The zero-order valence-electron chi connectivity index (χ0n) is 16.0. The molecular weight excluding hydrogens is 370 g/mol. The van der Waals surface area contributed by atoms with Gasteiger partial charge in [0.1, 0.15) is 0 Å². The van der Waals surface area contributed by atoms with Gasteiger partial charge in [0.15, 0.2) is 0 Å². The molecule has 1 amide bonds. The van der Waals surface area contributed by atoms with Crippen LogP contribution in [-0.4, -0.2) is 33.9 Å². The summed E-state index contributed by atoms with van der Waals surface area (Å²) in [6, 6.07) is 12.1. The Morgan fingerprint density at radius 2 is 2.07 bits per heavy atom. The molecule has 0 aliphatic heterocycles. The van der Waals surface area contributed by atoms with Crippen molar-refractivity contribution in [2.45, 2.75) is 19.4 Å². The van der Waals surface area contributed by atoms with Gasteiger partial charge < -0.3 is 15.2 Å². The van der Waals surface area contributed by atoms with Gasteiger partial charge in [-0.25, -0.2) is 4.79 Å². The van der Waals surface area contributed by atoms with Crippen molar-refractivity contribution in [2.75, 3.05) is 12.4 Å². The van der Waals surface area contributed by atoms with Gasteiger partial charge in [0.2, 0.25) is 11.8 Å². The van der Waals surface area contributed by atoms with Crippen LogP contribution in [0.4, 0.5) is 5.69 Å². The summed E-state index contributed by atoms with van der Waals surface area (Å²) in [6.45, 7) is 0.889. The second kappa shape index (κ2) is 7.79. The molecule has 0 unspecified atom stereocenters. The molecule has 1 aliphatic rings. The largest absolute Gasteiger partial charge is 0.479 e. The van der Waals surface area contributed by atoms with E-state index >= 15 is 0 Å². The van der Waals surface area contributed by atoms with Crippen LogP contribution in [0.25, 0.3) is 17.0 Å². The van der Waals surface area contributed by atoms with Crippen LogP contribution in [0.2, 0.25) is 0 Å². The molecule has 1 heterocycles. The predicted molar refractivity (Wildman–Crippen MR) is 110 cm³/mol. The summed E-state index contributed by atoms with van der Waals surface area (Å²) in [6.07, 6.45) is 5.53. The van der Waals surface area contributed by atoms with Gasteiger partial charge in [0.05, 0.1) is 29.3 Å². The van der Waals surface area contributed by atoms with E-state index in [1.165, 1.54) is 25.0 Å². The lowest BCUT2D eigenvalue weighted by Crippen LogP contribution is -2.11. The lowest BCUT2D eigenvalue weighted by atomic mass is 10.1. The second-order valence-corrected chi connectivity index (χ2v) is 7.08. The molecule has 3 aromatic rings. The third-order valence-electron chi connectivity index (χ3n) is 4.90. The summed E-state index contributed by atoms with van der Waals surface area (Å²) < 4.78 is 7.40. The average Bonchev–Trinajstić information content (AvgIpc) is 3.47. The molecule has 0 bridgehead atoms. The van der Waals surface area contributed by atoms with Crippen molar-refractivity contribution in [3.63, 3.8) is 0 Å². The fourth-order valence-electron chi connectivity index (χ4n) is 3.23. The number of hydrogen-bond acceptors (Lipinski definition) is 4. The maximum atomic E-state index is 12.2. The monoisotopic (exact) mass is 391 g/mol. The van der Waals surface area contributed by atoms with Crippen LogP contribution >= 0.6 is 0 Å². The Morgan fingerprint density at radius 1 is 1.28 bits per heavy atom. The number of amides is 1. The van der Waals surface area contributed by atoms with Gasteiger partial charge in [-0.05, 0) is 54.7 Å². The predicted octanol–water partition coefficient (Wildman–Crippen LogP) is 3.81. The number of anilines is 1. The maximum Gasteiger partial charge on any atom is 0.337 e. The Hall–Kier alpha value is -3.61. The molecule has 1 aromatic heterocycles. The molecular formula is C22H21N3O4. The van der Waals surface area contributed by atoms with Crippen LogP contribution in [0.5, 0.6) is 5.88 Å². The molecule has 1 saturated carbocycles. The van der Waals surface area contributed by atoms with E-state index in [-0.39, 0.29) is 11.3 Å². The van der Waals surface area contributed by atoms with E-state index in [2.05, 4.69) is 10.4 Å². The van der Waals surface area contributed by atoms with Gasteiger partial charge >= 0.3 is 5.97 Å². The number of benzene rings is 2. The average molecular weight is 391 g/mol. The highest BCUT2D eigenvalue weighted by atomic mass is 16.5. The molecule has 1 aliphatic carbocycles. The van der Waals surface area contributed by atoms with E-state index in [1.807, 2.05) is 22.9 Å². The van der Waals surface area contributed by atoms with Gasteiger partial charge in [0, 0.05) is 12.6 Å². The summed E-state index contributed by atoms with van der Waals surface area (Å²) in [5.41, 5.74) is 2.13. The lowest BCUT2D eigenvalue weighted by molar-refractivity contribution is -0.111. The number of methoxy groups -OCH3 is 1. The highest BCUT2D eigenvalue weighted by Gasteiger charge is 2.24. The summed E-state index contributed by atoms with van der Waals surface area (Å²) in [5.74, 6) is -0.240. The van der Waals surface area contributed by atoms with Gasteiger partial charge in [0.25, 0.3) is 0 Å². The number of ether oxygens (including phenoxy) is 1. The number of para-hydroxylation sites is 1. The number of carbonyl (C=O) groups is 2. The fourth-order valence-corrected chi connectivity index (χ4v) is 3.23. The van der Waals surface area contributed by atoms with Crippen LogP contribution in [0.3, 0.4) is 0 Å². The van der Waals surface area contributed by atoms with E-state index in [4.69, 9.17) is 4.74 Å².